The van der Waals surface area contributed by atoms with Gasteiger partial charge >= 0.3 is 5.97 Å². The highest BCUT2D eigenvalue weighted by molar-refractivity contribution is 6.32. The number of carbonyl (C=O) groups excluding carboxylic acids is 1. The van der Waals surface area contributed by atoms with Gasteiger partial charge in [-0.25, -0.2) is 4.79 Å². The molecule has 0 radical (unpaired) electrons. The average molecular weight is 224 g/mol. The van der Waals surface area contributed by atoms with Crippen LogP contribution in [-0.4, -0.2) is 29.1 Å². The van der Waals surface area contributed by atoms with E-state index in [-0.39, 0.29) is 18.6 Å². The fourth-order valence-electron chi connectivity index (χ4n) is 1.29. The third-order valence-electron chi connectivity index (χ3n) is 2.16. The van der Waals surface area contributed by atoms with Crippen molar-refractivity contribution in [3.05, 3.63) is 23.8 Å². The number of para-hydroxylation sites is 1. The highest BCUT2D eigenvalue weighted by Gasteiger charge is 2.13. The minimum Gasteiger partial charge on any atom is -0.504 e. The minimum atomic E-state index is -1.46. The Balaban J connectivity index is 2.75. The van der Waals surface area contributed by atoms with E-state index in [1.807, 2.05) is 0 Å². The Morgan fingerprint density at radius 3 is 2.62 bits per heavy atom. The second kappa shape index (κ2) is 5.16. The Hall–Kier alpha value is -2.04. The van der Waals surface area contributed by atoms with Gasteiger partial charge in [0.05, 0.1) is 7.11 Å². The number of hydrogen-bond acceptors (Lipinski definition) is 4. The van der Waals surface area contributed by atoms with Crippen LogP contribution in [0.2, 0.25) is 0 Å². The van der Waals surface area contributed by atoms with Crippen LogP contribution < -0.4 is 4.74 Å². The number of carboxylic acid groups (broad SMARTS) is 1. The van der Waals surface area contributed by atoms with Crippen LogP contribution in [0.3, 0.4) is 0 Å². The van der Waals surface area contributed by atoms with E-state index in [1.165, 1.54) is 7.11 Å². The zero-order valence-electron chi connectivity index (χ0n) is 8.77. The summed E-state index contributed by atoms with van der Waals surface area (Å²) >= 11 is 0. The van der Waals surface area contributed by atoms with Gasteiger partial charge in [-0.05, 0) is 18.1 Å². The molecule has 0 saturated heterocycles. The Morgan fingerprint density at radius 1 is 1.38 bits per heavy atom. The lowest BCUT2D eigenvalue weighted by Crippen LogP contribution is -2.12. The van der Waals surface area contributed by atoms with Crippen molar-refractivity contribution >= 4 is 11.8 Å². The van der Waals surface area contributed by atoms with Gasteiger partial charge in [0.1, 0.15) is 0 Å². The van der Waals surface area contributed by atoms with Crippen molar-refractivity contribution < 1.29 is 24.5 Å². The number of ether oxygens (including phenoxy) is 1. The number of methoxy groups -OCH3 is 1. The van der Waals surface area contributed by atoms with Crippen molar-refractivity contribution in [2.24, 2.45) is 0 Å². The molecule has 0 bridgehead atoms. The van der Waals surface area contributed by atoms with Crippen LogP contribution in [0.1, 0.15) is 12.0 Å². The molecule has 5 nitrogen and oxygen atoms in total. The van der Waals surface area contributed by atoms with Crippen LogP contribution >= 0.6 is 0 Å². The molecular weight excluding hydrogens is 212 g/mol. The van der Waals surface area contributed by atoms with E-state index in [9.17, 15) is 14.7 Å². The van der Waals surface area contributed by atoms with Gasteiger partial charge in [0, 0.05) is 6.42 Å². The topological polar surface area (TPSA) is 83.8 Å². The fraction of sp³-hybridized carbons (Fsp3) is 0.273. The summed E-state index contributed by atoms with van der Waals surface area (Å²) < 4.78 is 4.89. The van der Waals surface area contributed by atoms with Gasteiger partial charge in [-0.3, -0.25) is 4.79 Å². The van der Waals surface area contributed by atoms with Gasteiger partial charge < -0.3 is 14.9 Å². The van der Waals surface area contributed by atoms with Crippen LogP contribution in [0.15, 0.2) is 18.2 Å². The highest BCUT2D eigenvalue weighted by atomic mass is 16.5. The third-order valence-corrected chi connectivity index (χ3v) is 2.16. The first-order chi connectivity index (χ1) is 7.56. The molecule has 0 aliphatic heterocycles. The van der Waals surface area contributed by atoms with Gasteiger partial charge in [-0.2, -0.15) is 0 Å². The van der Waals surface area contributed by atoms with Crippen LogP contribution in [0.5, 0.6) is 11.5 Å². The molecule has 1 aromatic carbocycles. The number of phenolic OH excluding ortho intramolecular Hbond substituents is 1. The molecule has 0 spiro atoms. The van der Waals surface area contributed by atoms with Gasteiger partial charge in [0.15, 0.2) is 11.5 Å². The fourth-order valence-corrected chi connectivity index (χ4v) is 1.29. The molecule has 0 aliphatic rings. The number of ketones is 1. The number of Topliss-reactive ketones (excluding diaryl/α,β-unsaturated/α-hetero) is 1. The Kier molecular flexibility index (Phi) is 3.88. The molecule has 0 saturated carbocycles. The number of aromatic hydroxyl groups is 1. The number of phenols is 1. The molecule has 0 atom stereocenters. The zero-order valence-corrected chi connectivity index (χ0v) is 8.77. The molecule has 0 unspecified atom stereocenters. The number of hydrogen-bond donors (Lipinski definition) is 2. The normalized spacial score (nSPS) is 9.81. The number of aliphatic carboxylic acids is 1. The maximum absolute atomic E-state index is 10.9. The lowest BCUT2D eigenvalue weighted by atomic mass is 10.1. The monoisotopic (exact) mass is 224 g/mol. The van der Waals surface area contributed by atoms with Crippen molar-refractivity contribution in [3.8, 4) is 11.5 Å². The summed E-state index contributed by atoms with van der Waals surface area (Å²) in [7, 11) is 1.42. The summed E-state index contributed by atoms with van der Waals surface area (Å²) in [4.78, 5) is 21.2. The molecule has 2 N–H and O–H groups in total. The van der Waals surface area contributed by atoms with Gasteiger partial charge in [-0.1, -0.05) is 12.1 Å². The van der Waals surface area contributed by atoms with Crippen molar-refractivity contribution in [1.82, 2.24) is 0 Å². The standard InChI is InChI=1S/C11H12O5/c1-16-9-4-2-3-7(10(9)13)5-6-8(12)11(14)15/h2-4,13H,5-6H2,1H3,(H,14,15). The number of rotatable bonds is 5. The maximum Gasteiger partial charge on any atom is 0.372 e. The molecule has 0 heterocycles. The Labute approximate surface area is 92.3 Å². The van der Waals surface area contributed by atoms with Gasteiger partial charge in [-0.15, -0.1) is 0 Å². The Morgan fingerprint density at radius 2 is 2.06 bits per heavy atom. The number of carboxylic acids is 1. The van der Waals surface area contributed by atoms with Crippen LogP contribution in [0, 0.1) is 0 Å². The van der Waals surface area contributed by atoms with Gasteiger partial charge in [0.25, 0.3) is 0 Å². The third kappa shape index (κ3) is 2.73. The van der Waals surface area contributed by atoms with Crippen molar-refractivity contribution in [2.75, 3.05) is 7.11 Å². The van der Waals surface area contributed by atoms with E-state index in [0.717, 1.165) is 0 Å². The summed E-state index contributed by atoms with van der Waals surface area (Å²) in [5.41, 5.74) is 0.494. The van der Waals surface area contributed by atoms with E-state index >= 15 is 0 Å². The molecule has 0 fully saturated rings. The first-order valence-electron chi connectivity index (χ1n) is 4.67. The first kappa shape index (κ1) is 12.0. The van der Waals surface area contributed by atoms with Gasteiger partial charge in [0.2, 0.25) is 5.78 Å². The van der Waals surface area contributed by atoms with E-state index in [2.05, 4.69) is 0 Å². The van der Waals surface area contributed by atoms with Crippen molar-refractivity contribution in [2.45, 2.75) is 12.8 Å². The number of aryl methyl sites for hydroxylation is 1. The molecule has 86 valence electrons. The first-order valence-corrected chi connectivity index (χ1v) is 4.67. The summed E-state index contributed by atoms with van der Waals surface area (Å²) in [6.45, 7) is 0. The minimum absolute atomic E-state index is 0.0526. The van der Waals surface area contributed by atoms with Crippen molar-refractivity contribution in [3.63, 3.8) is 0 Å². The molecule has 16 heavy (non-hydrogen) atoms. The Bertz CT molecular complexity index is 411. The molecule has 5 heteroatoms. The van der Waals surface area contributed by atoms with E-state index in [0.29, 0.717) is 11.3 Å². The number of benzene rings is 1. The quantitative estimate of drug-likeness (QED) is 0.728. The molecule has 0 amide bonds. The van der Waals surface area contributed by atoms with Crippen LogP contribution in [-0.2, 0) is 16.0 Å². The smallest absolute Gasteiger partial charge is 0.372 e. The molecule has 1 aromatic rings. The zero-order chi connectivity index (χ0) is 12.1. The summed E-state index contributed by atoms with van der Waals surface area (Å²) in [6.07, 6.45) is 0.0320. The maximum atomic E-state index is 10.9. The lowest BCUT2D eigenvalue weighted by molar-refractivity contribution is -0.149. The van der Waals surface area contributed by atoms with E-state index in [1.54, 1.807) is 18.2 Å². The SMILES string of the molecule is COc1cccc(CCC(=O)C(=O)O)c1O. The van der Waals surface area contributed by atoms with E-state index in [4.69, 9.17) is 9.84 Å². The second-order valence-corrected chi connectivity index (χ2v) is 3.20. The van der Waals surface area contributed by atoms with Crippen LogP contribution in [0.4, 0.5) is 0 Å². The summed E-state index contributed by atoms with van der Waals surface area (Å²) in [5, 5.41) is 18.0. The van der Waals surface area contributed by atoms with Crippen LogP contribution in [0.25, 0.3) is 0 Å². The summed E-state index contributed by atoms with van der Waals surface area (Å²) in [5.74, 6) is -2.08. The largest absolute Gasteiger partial charge is 0.504 e. The van der Waals surface area contributed by atoms with E-state index < -0.39 is 11.8 Å². The molecule has 0 aliphatic carbocycles. The molecule has 1 rings (SSSR count). The van der Waals surface area contributed by atoms with Crippen molar-refractivity contribution in [1.29, 1.82) is 0 Å². The molecule has 0 aromatic heterocycles. The lowest BCUT2D eigenvalue weighted by Gasteiger charge is -2.07. The predicted molar refractivity (Wildman–Crippen MR) is 55.6 cm³/mol. The highest BCUT2D eigenvalue weighted by Crippen LogP contribution is 2.29. The summed E-state index contributed by atoms with van der Waals surface area (Å²) in [6, 6.07) is 4.87. The predicted octanol–water partition coefficient (Wildman–Crippen LogP) is 0.987. The number of carbonyl (C=O) groups is 2. The molecular formula is C11H12O5. The average Bonchev–Trinajstić information content (AvgIpc) is 2.27. The second-order valence-electron chi connectivity index (χ2n) is 3.20.